The van der Waals surface area contributed by atoms with Gasteiger partial charge in [0.05, 0.1) is 11.5 Å². The van der Waals surface area contributed by atoms with Crippen LogP contribution in [0.5, 0.6) is 0 Å². The topological polar surface area (TPSA) is 158 Å². The van der Waals surface area contributed by atoms with E-state index in [4.69, 9.17) is 9.15 Å². The van der Waals surface area contributed by atoms with Gasteiger partial charge in [0, 0.05) is 17.7 Å². The number of non-ortho nitro benzene ring substituents is 1. The Morgan fingerprint density at radius 3 is 2.65 bits per heavy atom. The fourth-order valence-corrected chi connectivity index (χ4v) is 2.09. The van der Waals surface area contributed by atoms with Crippen LogP contribution in [0, 0.1) is 10.1 Å². The molecule has 1 fully saturated rings. The van der Waals surface area contributed by atoms with E-state index in [-0.39, 0.29) is 30.6 Å². The number of nitrogens with one attached hydrogen (secondary N) is 1. The highest BCUT2D eigenvalue weighted by molar-refractivity contribution is 6.04. The number of hydrogen-bond acceptors (Lipinski definition) is 9. The molecule has 0 unspecified atom stereocenters. The number of urea groups is 1. The molecule has 134 valence electrons. The zero-order valence-corrected chi connectivity index (χ0v) is 13.1. The van der Waals surface area contributed by atoms with E-state index in [1.165, 1.54) is 24.3 Å². The Morgan fingerprint density at radius 1 is 1.31 bits per heavy atom. The molecule has 3 rings (SSSR count). The summed E-state index contributed by atoms with van der Waals surface area (Å²) < 4.78 is 10.2. The summed E-state index contributed by atoms with van der Waals surface area (Å²) in [5.41, 5.74) is 0.378. The van der Waals surface area contributed by atoms with E-state index in [0.29, 0.717) is 5.56 Å². The smallest absolute Gasteiger partial charge is 0.326 e. The number of imide groups is 1. The van der Waals surface area contributed by atoms with Crippen LogP contribution in [-0.4, -0.2) is 51.0 Å². The molecule has 0 saturated carbocycles. The molecule has 0 spiro atoms. The van der Waals surface area contributed by atoms with Gasteiger partial charge in [-0.05, 0) is 12.1 Å². The summed E-state index contributed by atoms with van der Waals surface area (Å²) in [6.07, 6.45) is 0. The number of rotatable bonds is 6. The van der Waals surface area contributed by atoms with Gasteiger partial charge in [0.15, 0.2) is 6.61 Å². The Morgan fingerprint density at radius 2 is 2.04 bits per heavy atom. The Bertz CT molecular complexity index is 860. The molecule has 0 atom stereocenters. The predicted molar refractivity (Wildman–Crippen MR) is 81.3 cm³/mol. The van der Waals surface area contributed by atoms with Crippen LogP contribution in [0.2, 0.25) is 0 Å². The molecule has 0 aliphatic carbocycles. The summed E-state index contributed by atoms with van der Waals surface area (Å²) in [7, 11) is 0. The lowest BCUT2D eigenvalue weighted by molar-refractivity contribution is -0.384. The van der Waals surface area contributed by atoms with E-state index >= 15 is 0 Å². The second-order valence-electron chi connectivity index (χ2n) is 5.10. The Hall–Kier alpha value is -3.83. The average molecular weight is 361 g/mol. The Balaban J connectivity index is 1.56. The number of ether oxygens (including phenoxy) is 1. The van der Waals surface area contributed by atoms with Gasteiger partial charge in [-0.25, -0.2) is 4.79 Å². The molecule has 1 aliphatic rings. The highest BCUT2D eigenvalue weighted by Crippen LogP contribution is 2.21. The fourth-order valence-electron chi connectivity index (χ4n) is 2.09. The van der Waals surface area contributed by atoms with E-state index in [0.717, 1.165) is 4.90 Å². The maximum absolute atomic E-state index is 11.7. The van der Waals surface area contributed by atoms with Crippen molar-refractivity contribution in [3.63, 3.8) is 0 Å². The standard InChI is InChI=1S/C14H11N5O7/c20-11-5-15-14(22)18(11)6-12(21)25-7-10-16-17-13(26-10)8-1-3-9(4-2-8)19(23)24/h1-4H,5-7H2,(H,15,22). The molecular formula is C14H11N5O7. The van der Waals surface area contributed by atoms with Gasteiger partial charge in [-0.2, -0.15) is 0 Å². The zero-order valence-electron chi connectivity index (χ0n) is 13.1. The molecule has 0 bridgehead atoms. The summed E-state index contributed by atoms with van der Waals surface area (Å²) in [6, 6.07) is 4.80. The Labute approximate surface area is 144 Å². The first-order valence-corrected chi connectivity index (χ1v) is 7.25. The SMILES string of the molecule is O=C(CN1C(=O)CNC1=O)OCc1nnc(-c2ccc([N+](=O)[O-])cc2)o1. The van der Waals surface area contributed by atoms with Crippen molar-refractivity contribution in [2.45, 2.75) is 6.61 Å². The Kier molecular flexibility index (Phi) is 4.55. The molecule has 26 heavy (non-hydrogen) atoms. The lowest BCUT2D eigenvalue weighted by Gasteiger charge is -2.10. The van der Waals surface area contributed by atoms with E-state index in [1.54, 1.807) is 0 Å². The zero-order chi connectivity index (χ0) is 18.7. The molecule has 2 aromatic rings. The van der Waals surface area contributed by atoms with E-state index in [1.807, 2.05) is 0 Å². The maximum Gasteiger partial charge on any atom is 0.326 e. The molecule has 0 radical (unpaired) electrons. The molecule has 1 aromatic heterocycles. The first-order chi connectivity index (χ1) is 12.4. The van der Waals surface area contributed by atoms with Crippen molar-refractivity contribution in [3.8, 4) is 11.5 Å². The quantitative estimate of drug-likeness (QED) is 0.329. The number of benzene rings is 1. The molecule has 1 N–H and O–H groups in total. The molecule has 1 saturated heterocycles. The van der Waals surface area contributed by atoms with Gasteiger partial charge in [0.2, 0.25) is 5.89 Å². The third-order valence-electron chi connectivity index (χ3n) is 3.37. The number of nitrogens with zero attached hydrogens (tertiary/aromatic N) is 4. The van der Waals surface area contributed by atoms with Crippen molar-refractivity contribution in [1.29, 1.82) is 0 Å². The van der Waals surface area contributed by atoms with Crippen LogP contribution < -0.4 is 5.32 Å². The first-order valence-electron chi connectivity index (χ1n) is 7.25. The van der Waals surface area contributed by atoms with Crippen LogP contribution in [-0.2, 0) is 20.9 Å². The number of nitro groups is 1. The van der Waals surface area contributed by atoms with Crippen molar-refractivity contribution in [2.24, 2.45) is 0 Å². The minimum atomic E-state index is -0.814. The van der Waals surface area contributed by atoms with Crippen LogP contribution in [0.4, 0.5) is 10.5 Å². The first kappa shape index (κ1) is 17.0. The van der Waals surface area contributed by atoms with Crippen LogP contribution in [0.3, 0.4) is 0 Å². The normalized spacial score (nSPS) is 13.6. The molecule has 2 heterocycles. The summed E-state index contributed by atoms with van der Waals surface area (Å²) in [6.45, 7) is -1.02. The van der Waals surface area contributed by atoms with Gasteiger partial charge in [-0.3, -0.25) is 24.6 Å². The van der Waals surface area contributed by atoms with Gasteiger partial charge >= 0.3 is 12.0 Å². The van der Waals surface area contributed by atoms with Crippen molar-refractivity contribution in [3.05, 3.63) is 40.3 Å². The monoisotopic (exact) mass is 361 g/mol. The molecule has 12 heteroatoms. The highest BCUT2D eigenvalue weighted by Gasteiger charge is 2.30. The molecular weight excluding hydrogens is 350 g/mol. The van der Waals surface area contributed by atoms with Gasteiger partial charge < -0.3 is 14.5 Å². The predicted octanol–water partition coefficient (Wildman–Crippen LogP) is 0.240. The third-order valence-corrected chi connectivity index (χ3v) is 3.37. The van der Waals surface area contributed by atoms with Gasteiger partial charge in [-0.1, -0.05) is 0 Å². The number of amides is 3. The van der Waals surface area contributed by atoms with Crippen LogP contribution >= 0.6 is 0 Å². The lowest BCUT2D eigenvalue weighted by atomic mass is 10.2. The van der Waals surface area contributed by atoms with Crippen LogP contribution in [0.1, 0.15) is 5.89 Å². The summed E-state index contributed by atoms with van der Waals surface area (Å²) in [5.74, 6) is -1.25. The number of hydrogen-bond donors (Lipinski definition) is 1. The highest BCUT2D eigenvalue weighted by atomic mass is 16.6. The number of nitro benzene ring substituents is 1. The number of aromatic nitrogens is 2. The third kappa shape index (κ3) is 3.63. The number of carbonyl (C=O) groups excluding carboxylic acids is 3. The van der Waals surface area contributed by atoms with Crippen molar-refractivity contribution < 1.29 is 28.5 Å². The largest absolute Gasteiger partial charge is 0.454 e. The summed E-state index contributed by atoms with van der Waals surface area (Å²) in [5, 5.41) is 20.4. The maximum atomic E-state index is 11.7. The van der Waals surface area contributed by atoms with Gasteiger partial charge in [0.25, 0.3) is 17.5 Å². The second-order valence-corrected chi connectivity index (χ2v) is 5.10. The van der Waals surface area contributed by atoms with Crippen LogP contribution in [0.25, 0.3) is 11.5 Å². The molecule has 3 amide bonds. The van der Waals surface area contributed by atoms with E-state index in [2.05, 4.69) is 15.5 Å². The summed E-state index contributed by atoms with van der Waals surface area (Å²) in [4.78, 5) is 45.2. The van der Waals surface area contributed by atoms with Crippen molar-refractivity contribution in [2.75, 3.05) is 13.1 Å². The summed E-state index contributed by atoms with van der Waals surface area (Å²) >= 11 is 0. The average Bonchev–Trinajstić information content (AvgIpc) is 3.22. The molecule has 1 aromatic carbocycles. The van der Waals surface area contributed by atoms with Crippen molar-refractivity contribution >= 4 is 23.6 Å². The second kappa shape index (κ2) is 6.96. The minimum absolute atomic E-state index is 0.0103. The van der Waals surface area contributed by atoms with Crippen LogP contribution in [0.15, 0.2) is 28.7 Å². The lowest BCUT2D eigenvalue weighted by Crippen LogP contribution is -2.36. The van der Waals surface area contributed by atoms with E-state index < -0.39 is 29.4 Å². The van der Waals surface area contributed by atoms with Crippen molar-refractivity contribution in [1.82, 2.24) is 20.4 Å². The van der Waals surface area contributed by atoms with Gasteiger partial charge in [0.1, 0.15) is 6.54 Å². The fraction of sp³-hybridized carbons (Fsp3) is 0.214. The van der Waals surface area contributed by atoms with Gasteiger partial charge in [-0.15, -0.1) is 10.2 Å². The number of carbonyl (C=O) groups is 3. The molecule has 1 aliphatic heterocycles. The molecule has 12 nitrogen and oxygen atoms in total. The minimum Gasteiger partial charge on any atom is -0.454 e. The number of esters is 1. The van der Waals surface area contributed by atoms with E-state index in [9.17, 15) is 24.5 Å².